The Morgan fingerprint density at radius 1 is 0.706 bits per heavy atom. The fourth-order valence-corrected chi connectivity index (χ4v) is 2.77. The molecule has 1 aromatic carbocycles. The van der Waals surface area contributed by atoms with E-state index in [0.29, 0.717) is 24.1 Å². The van der Waals surface area contributed by atoms with E-state index in [-0.39, 0.29) is 12.8 Å². The molecule has 0 aliphatic heterocycles. The van der Waals surface area contributed by atoms with Gasteiger partial charge in [0.25, 0.3) is 5.60 Å². The molecule has 1 rings (SSSR count). The Morgan fingerprint density at radius 2 is 1.15 bits per heavy atom. The molecule has 198 valence electrons. The Kier molecular flexibility index (Phi) is 8.64. The molecule has 0 saturated carbocycles. The van der Waals surface area contributed by atoms with Gasteiger partial charge in [-0.2, -0.15) is 57.1 Å². The van der Waals surface area contributed by atoms with Crippen LogP contribution in [-0.4, -0.2) is 43.3 Å². The summed E-state index contributed by atoms with van der Waals surface area (Å²) in [5, 5.41) is 0. The molecule has 0 aliphatic carbocycles. The monoisotopic (exact) mass is 526 g/mol. The van der Waals surface area contributed by atoms with Crippen LogP contribution in [0, 0.1) is 0 Å². The molecule has 0 fully saturated rings. The minimum atomic E-state index is -6.77. The van der Waals surface area contributed by atoms with Crippen molar-refractivity contribution in [2.75, 3.05) is 6.61 Å². The average molecular weight is 526 g/mol. The summed E-state index contributed by atoms with van der Waals surface area (Å²) < 4.78 is 179. The number of ether oxygens (including phenoxy) is 2. The fourth-order valence-electron chi connectivity index (χ4n) is 2.77. The van der Waals surface area contributed by atoms with Crippen LogP contribution in [0.5, 0.6) is 0 Å². The number of benzene rings is 1. The van der Waals surface area contributed by atoms with Crippen LogP contribution in [-0.2, 0) is 15.1 Å². The summed E-state index contributed by atoms with van der Waals surface area (Å²) in [6.45, 7) is 0.661. The van der Waals surface area contributed by atoms with Crippen LogP contribution in [0.15, 0.2) is 24.3 Å². The molecule has 0 saturated heterocycles. The topological polar surface area (TPSA) is 18.5 Å². The van der Waals surface area contributed by atoms with Crippen molar-refractivity contribution in [3.63, 3.8) is 0 Å². The molecule has 1 aromatic rings. The number of hydrogen-bond acceptors (Lipinski definition) is 2. The summed E-state index contributed by atoms with van der Waals surface area (Å²) in [5.74, 6) is -13.0. The summed E-state index contributed by atoms with van der Waals surface area (Å²) in [6.07, 6.45) is -21.8. The van der Waals surface area contributed by atoms with Crippen LogP contribution in [0.3, 0.4) is 0 Å². The van der Waals surface area contributed by atoms with E-state index in [9.17, 15) is 57.1 Å². The van der Waals surface area contributed by atoms with E-state index in [2.05, 4.69) is 9.47 Å². The quantitative estimate of drug-likeness (QED) is 0.242. The molecule has 0 radical (unpaired) electrons. The zero-order valence-corrected chi connectivity index (χ0v) is 17.6. The summed E-state index contributed by atoms with van der Waals surface area (Å²) >= 11 is 0. The van der Waals surface area contributed by atoms with Gasteiger partial charge in [0.2, 0.25) is 0 Å². The Morgan fingerprint density at radius 3 is 1.50 bits per heavy atom. The van der Waals surface area contributed by atoms with Gasteiger partial charge in [0, 0.05) is 5.56 Å². The van der Waals surface area contributed by atoms with Crippen molar-refractivity contribution in [3.8, 4) is 0 Å². The molecule has 2 unspecified atom stereocenters. The van der Waals surface area contributed by atoms with Gasteiger partial charge in [0.1, 0.15) is 6.61 Å². The van der Waals surface area contributed by atoms with Crippen molar-refractivity contribution < 1.29 is 66.5 Å². The molecule has 0 amide bonds. The molecule has 0 bridgehead atoms. The lowest BCUT2D eigenvalue weighted by Crippen LogP contribution is -2.58. The van der Waals surface area contributed by atoms with Gasteiger partial charge in [-0.05, 0) is 24.8 Å². The molecule has 2 atom stereocenters. The van der Waals surface area contributed by atoms with Crippen molar-refractivity contribution >= 4 is 0 Å². The second-order valence-electron chi connectivity index (χ2n) is 7.38. The lowest BCUT2D eigenvalue weighted by atomic mass is 9.89. The number of rotatable bonds is 9. The van der Waals surface area contributed by atoms with E-state index in [1.165, 1.54) is 0 Å². The van der Waals surface area contributed by atoms with E-state index in [1.54, 1.807) is 13.8 Å². The second kappa shape index (κ2) is 9.70. The highest BCUT2D eigenvalue weighted by Crippen LogP contribution is 2.54. The molecular formula is C19H19F13O2. The van der Waals surface area contributed by atoms with Crippen LogP contribution in [0.25, 0.3) is 0 Å². The molecule has 0 N–H and O–H groups in total. The third kappa shape index (κ3) is 5.71. The maximum absolute atomic E-state index is 13.7. The van der Waals surface area contributed by atoms with Crippen LogP contribution in [0.2, 0.25) is 0 Å². The number of halogens is 13. The van der Waals surface area contributed by atoms with Crippen molar-refractivity contribution in [2.45, 2.75) is 75.4 Å². The molecule has 15 heteroatoms. The maximum Gasteiger partial charge on any atom is 0.459 e. The number of hydrogen-bond donors (Lipinski definition) is 0. The van der Waals surface area contributed by atoms with Crippen LogP contribution >= 0.6 is 0 Å². The Hall–Kier alpha value is -1.77. The molecule has 0 aliphatic rings. The van der Waals surface area contributed by atoms with E-state index < -0.39 is 54.4 Å². The van der Waals surface area contributed by atoms with Gasteiger partial charge >= 0.3 is 30.4 Å². The zero-order valence-electron chi connectivity index (χ0n) is 17.6. The van der Waals surface area contributed by atoms with E-state index >= 15 is 0 Å². The molecule has 0 spiro atoms. The van der Waals surface area contributed by atoms with Crippen molar-refractivity contribution in [2.24, 2.45) is 0 Å². The molecule has 0 aromatic heterocycles. The highest BCUT2D eigenvalue weighted by Gasteiger charge is 2.75. The van der Waals surface area contributed by atoms with Crippen molar-refractivity contribution in [1.82, 2.24) is 0 Å². The van der Waals surface area contributed by atoms with Crippen LogP contribution < -0.4 is 0 Å². The first-order valence-corrected chi connectivity index (χ1v) is 9.40. The predicted octanol–water partition coefficient (Wildman–Crippen LogP) is 7.73. The predicted molar refractivity (Wildman–Crippen MR) is 91.4 cm³/mol. The lowest BCUT2D eigenvalue weighted by molar-refractivity contribution is -0.421. The Balaban J connectivity index is 3.36. The fraction of sp³-hybridized carbons (Fsp3) is 0.684. The van der Waals surface area contributed by atoms with Gasteiger partial charge < -0.3 is 9.47 Å². The Labute approximate surface area is 185 Å². The summed E-state index contributed by atoms with van der Waals surface area (Å²) in [7, 11) is 0. The summed E-state index contributed by atoms with van der Waals surface area (Å²) in [4.78, 5) is 0. The van der Waals surface area contributed by atoms with Gasteiger partial charge in [-0.1, -0.05) is 38.1 Å². The third-order valence-corrected chi connectivity index (χ3v) is 4.95. The minimum absolute atomic E-state index is 0.210. The van der Waals surface area contributed by atoms with E-state index in [1.807, 2.05) is 0 Å². The van der Waals surface area contributed by atoms with Gasteiger partial charge in [-0.25, -0.2) is 0 Å². The maximum atomic E-state index is 13.7. The van der Waals surface area contributed by atoms with E-state index in [0.717, 1.165) is 12.1 Å². The van der Waals surface area contributed by atoms with Crippen LogP contribution in [0.4, 0.5) is 57.1 Å². The second-order valence-corrected chi connectivity index (χ2v) is 7.38. The third-order valence-electron chi connectivity index (χ3n) is 4.95. The molecular weight excluding hydrogens is 507 g/mol. The van der Waals surface area contributed by atoms with Crippen molar-refractivity contribution in [1.29, 1.82) is 0 Å². The standard InChI is InChI=1S/C19H19F13O2/c1-4-10(2)12-5-7-13(8-6-12)15(17(24,25)26,18(27,28)29)34-11(3)33-9-14(20,21)16(22,23)19(30,31)32/h5-8,10-11H,4,9H2,1-3H3. The van der Waals surface area contributed by atoms with Gasteiger partial charge in [0.15, 0.2) is 6.29 Å². The van der Waals surface area contributed by atoms with Gasteiger partial charge in [0.05, 0.1) is 0 Å². The SMILES string of the molecule is CCC(C)c1ccc(C(OC(C)OCC(F)(F)C(F)(F)C(F)(F)F)(C(F)(F)F)C(F)(F)F)cc1. The van der Waals surface area contributed by atoms with Crippen molar-refractivity contribution in [3.05, 3.63) is 35.4 Å². The first-order chi connectivity index (χ1) is 15.0. The van der Waals surface area contributed by atoms with Gasteiger partial charge in [-0.3, -0.25) is 0 Å². The molecule has 34 heavy (non-hydrogen) atoms. The zero-order chi connectivity index (χ0) is 27.0. The first kappa shape index (κ1) is 30.3. The lowest BCUT2D eigenvalue weighted by Gasteiger charge is -2.39. The highest BCUT2D eigenvalue weighted by molar-refractivity contribution is 5.32. The average Bonchev–Trinajstić information content (AvgIpc) is 2.67. The largest absolute Gasteiger partial charge is 0.459 e. The summed E-state index contributed by atoms with van der Waals surface area (Å²) in [6, 6.07) is 2.76. The van der Waals surface area contributed by atoms with Crippen LogP contribution in [0.1, 0.15) is 44.2 Å². The normalized spacial score (nSPS) is 16.5. The first-order valence-electron chi connectivity index (χ1n) is 9.40. The Bertz CT molecular complexity index is 780. The highest BCUT2D eigenvalue weighted by atomic mass is 19.4. The smallest absolute Gasteiger partial charge is 0.346 e. The minimum Gasteiger partial charge on any atom is -0.346 e. The summed E-state index contributed by atoms with van der Waals surface area (Å²) in [5.41, 5.74) is -6.35. The van der Waals surface area contributed by atoms with E-state index in [4.69, 9.17) is 0 Å². The molecule has 2 nitrogen and oxygen atoms in total. The molecule has 0 heterocycles. The number of alkyl halides is 13. The van der Waals surface area contributed by atoms with Gasteiger partial charge in [-0.15, -0.1) is 0 Å².